The minimum Gasteiger partial charge on any atom is -0.396 e. The fraction of sp³-hybridized carbons (Fsp3) is 0.158. The van der Waals surface area contributed by atoms with Crippen molar-refractivity contribution in [2.24, 2.45) is 0 Å². The van der Waals surface area contributed by atoms with Crippen LogP contribution in [0, 0.1) is 12.7 Å². The average Bonchev–Trinajstić information content (AvgIpc) is 2.84. The zero-order valence-corrected chi connectivity index (χ0v) is 14.3. The van der Waals surface area contributed by atoms with Crippen LogP contribution in [0.3, 0.4) is 0 Å². The van der Waals surface area contributed by atoms with Crippen molar-refractivity contribution < 1.29 is 19.1 Å². The van der Waals surface area contributed by atoms with Gasteiger partial charge in [0.15, 0.2) is 0 Å². The summed E-state index contributed by atoms with van der Waals surface area (Å²) in [6, 6.07) is 12.6. The first-order valence-corrected chi connectivity index (χ1v) is 8.71. The first-order chi connectivity index (χ1) is 12.0. The van der Waals surface area contributed by atoms with Crippen molar-refractivity contribution in [2.75, 3.05) is 17.3 Å². The Morgan fingerprint density at radius 1 is 1.08 bits per heavy atom. The minimum atomic E-state index is -0.442. The third kappa shape index (κ3) is 3.36. The number of aliphatic hydroxyl groups excluding tert-OH is 1. The molecule has 0 aromatic heterocycles. The Labute approximate surface area is 149 Å². The van der Waals surface area contributed by atoms with Crippen molar-refractivity contribution in [3.8, 4) is 0 Å². The van der Waals surface area contributed by atoms with Gasteiger partial charge in [-0.3, -0.25) is 9.59 Å². The second kappa shape index (κ2) is 7.21. The highest BCUT2D eigenvalue weighted by Crippen LogP contribution is 2.38. The van der Waals surface area contributed by atoms with E-state index in [2.05, 4.69) is 0 Å². The summed E-state index contributed by atoms with van der Waals surface area (Å²) in [7, 11) is 0. The number of nitrogens with zero attached hydrogens (tertiary/aromatic N) is 1. The van der Waals surface area contributed by atoms with Crippen LogP contribution in [0.2, 0.25) is 0 Å². The zero-order valence-electron chi connectivity index (χ0n) is 13.5. The van der Waals surface area contributed by atoms with E-state index in [0.29, 0.717) is 17.0 Å². The summed E-state index contributed by atoms with van der Waals surface area (Å²) in [5.74, 6) is -0.988. The Balaban J connectivity index is 2.07. The Kier molecular flexibility index (Phi) is 5.01. The van der Waals surface area contributed by atoms with E-state index in [9.17, 15) is 14.0 Å². The fourth-order valence-corrected chi connectivity index (χ4v) is 3.52. The van der Waals surface area contributed by atoms with E-state index in [0.717, 1.165) is 22.2 Å². The summed E-state index contributed by atoms with van der Waals surface area (Å²) in [6.07, 6.45) is 0. The van der Waals surface area contributed by atoms with Gasteiger partial charge in [0.2, 0.25) is 0 Å². The molecule has 4 nitrogen and oxygen atoms in total. The highest BCUT2D eigenvalue weighted by atomic mass is 32.2. The second-order valence-corrected chi connectivity index (χ2v) is 6.67. The number of imide groups is 1. The predicted molar refractivity (Wildman–Crippen MR) is 96.5 cm³/mol. The van der Waals surface area contributed by atoms with Crippen molar-refractivity contribution in [1.82, 2.24) is 0 Å². The molecule has 3 rings (SSSR count). The van der Waals surface area contributed by atoms with Crippen LogP contribution in [0.1, 0.15) is 11.1 Å². The predicted octanol–water partition coefficient (Wildman–Crippen LogP) is 3.14. The second-order valence-electron chi connectivity index (χ2n) is 5.57. The van der Waals surface area contributed by atoms with Gasteiger partial charge in [0, 0.05) is 5.75 Å². The molecule has 0 fully saturated rings. The summed E-state index contributed by atoms with van der Waals surface area (Å²) in [4.78, 5) is 27.2. The molecule has 1 aliphatic heterocycles. The monoisotopic (exact) mass is 357 g/mol. The van der Waals surface area contributed by atoms with Gasteiger partial charge in [-0.25, -0.2) is 9.29 Å². The number of halogens is 1. The lowest BCUT2D eigenvalue weighted by molar-refractivity contribution is -0.119. The number of aryl methyl sites for hydroxylation is 1. The smallest absolute Gasteiger partial charge is 0.272 e. The number of benzene rings is 2. The highest BCUT2D eigenvalue weighted by Gasteiger charge is 2.40. The molecule has 0 aliphatic carbocycles. The summed E-state index contributed by atoms with van der Waals surface area (Å²) in [5.41, 5.74) is 2.15. The lowest BCUT2D eigenvalue weighted by Crippen LogP contribution is -2.31. The molecule has 0 saturated heterocycles. The normalized spacial score (nSPS) is 14.6. The molecular weight excluding hydrogens is 341 g/mol. The number of thioether (sulfide) groups is 1. The van der Waals surface area contributed by atoms with Crippen molar-refractivity contribution in [3.63, 3.8) is 0 Å². The van der Waals surface area contributed by atoms with E-state index >= 15 is 0 Å². The SMILES string of the molecule is Cc1cccc(N2C(=O)C(SCCO)=C(c3ccc(F)cc3)C2=O)c1. The molecule has 2 aromatic rings. The van der Waals surface area contributed by atoms with Gasteiger partial charge in [0.25, 0.3) is 11.8 Å². The fourth-order valence-electron chi connectivity index (χ4n) is 2.66. The molecule has 0 spiro atoms. The number of aliphatic hydroxyl groups is 1. The average molecular weight is 357 g/mol. The van der Waals surface area contributed by atoms with Crippen LogP contribution in [0.25, 0.3) is 5.57 Å². The van der Waals surface area contributed by atoms with E-state index in [1.54, 1.807) is 18.2 Å². The molecule has 1 aliphatic rings. The first kappa shape index (κ1) is 17.4. The Bertz CT molecular complexity index is 861. The van der Waals surface area contributed by atoms with Crippen molar-refractivity contribution in [3.05, 3.63) is 70.4 Å². The van der Waals surface area contributed by atoms with Gasteiger partial charge >= 0.3 is 0 Å². The molecule has 2 aromatic carbocycles. The third-order valence-electron chi connectivity index (χ3n) is 3.77. The van der Waals surface area contributed by atoms with Gasteiger partial charge < -0.3 is 5.11 Å². The Hall–Kier alpha value is -2.44. The van der Waals surface area contributed by atoms with Gasteiger partial charge in [-0.05, 0) is 42.3 Å². The van der Waals surface area contributed by atoms with E-state index in [1.165, 1.54) is 24.3 Å². The maximum atomic E-state index is 13.2. The summed E-state index contributed by atoms with van der Waals surface area (Å²) < 4.78 is 13.2. The molecule has 1 N–H and O–H groups in total. The van der Waals surface area contributed by atoms with Gasteiger partial charge in [-0.15, -0.1) is 11.8 Å². The van der Waals surface area contributed by atoms with Crippen molar-refractivity contribution in [2.45, 2.75) is 6.92 Å². The van der Waals surface area contributed by atoms with Gasteiger partial charge in [-0.2, -0.15) is 0 Å². The van der Waals surface area contributed by atoms with Crippen LogP contribution in [0.4, 0.5) is 10.1 Å². The van der Waals surface area contributed by atoms with Crippen LogP contribution < -0.4 is 4.90 Å². The van der Waals surface area contributed by atoms with Crippen LogP contribution in [-0.4, -0.2) is 29.3 Å². The zero-order chi connectivity index (χ0) is 18.0. The van der Waals surface area contributed by atoms with E-state index in [4.69, 9.17) is 5.11 Å². The third-order valence-corrected chi connectivity index (χ3v) is 4.83. The molecule has 128 valence electrons. The van der Waals surface area contributed by atoms with Gasteiger partial charge in [0.05, 0.1) is 22.8 Å². The van der Waals surface area contributed by atoms with Crippen LogP contribution in [-0.2, 0) is 9.59 Å². The standard InChI is InChI=1S/C19H16FNO3S/c1-12-3-2-4-15(11-12)21-18(23)16(13-5-7-14(20)8-6-13)17(19(21)24)25-10-9-22/h2-8,11,22H,9-10H2,1H3. The van der Waals surface area contributed by atoms with Crippen LogP contribution in [0.15, 0.2) is 53.4 Å². The maximum Gasteiger partial charge on any atom is 0.272 e. The molecular formula is C19H16FNO3S. The number of rotatable bonds is 5. The number of hydrogen-bond donors (Lipinski definition) is 1. The molecule has 6 heteroatoms. The first-order valence-electron chi connectivity index (χ1n) is 7.72. The molecule has 0 atom stereocenters. The van der Waals surface area contributed by atoms with Crippen LogP contribution >= 0.6 is 11.8 Å². The number of carbonyl (C=O) groups is 2. The molecule has 0 radical (unpaired) electrons. The number of amides is 2. The molecule has 0 unspecified atom stereocenters. The van der Waals surface area contributed by atoms with E-state index < -0.39 is 17.6 Å². The van der Waals surface area contributed by atoms with Crippen molar-refractivity contribution in [1.29, 1.82) is 0 Å². The van der Waals surface area contributed by atoms with Gasteiger partial charge in [0.1, 0.15) is 5.82 Å². The number of carbonyl (C=O) groups excluding carboxylic acids is 2. The Morgan fingerprint density at radius 3 is 2.44 bits per heavy atom. The molecule has 0 bridgehead atoms. The molecule has 2 amide bonds. The molecule has 1 heterocycles. The highest BCUT2D eigenvalue weighted by molar-refractivity contribution is 8.04. The number of hydrogen-bond acceptors (Lipinski definition) is 4. The largest absolute Gasteiger partial charge is 0.396 e. The summed E-state index contributed by atoms with van der Waals surface area (Å²) in [5, 5.41) is 9.09. The Morgan fingerprint density at radius 2 is 1.80 bits per heavy atom. The van der Waals surface area contributed by atoms with E-state index in [-0.39, 0.29) is 17.1 Å². The summed E-state index contributed by atoms with van der Waals surface area (Å²) in [6.45, 7) is 1.76. The summed E-state index contributed by atoms with van der Waals surface area (Å²) >= 11 is 1.13. The van der Waals surface area contributed by atoms with Crippen LogP contribution in [0.5, 0.6) is 0 Å². The number of anilines is 1. The van der Waals surface area contributed by atoms with Gasteiger partial charge in [-0.1, -0.05) is 24.3 Å². The van der Waals surface area contributed by atoms with Crippen molar-refractivity contribution >= 4 is 34.8 Å². The topological polar surface area (TPSA) is 57.6 Å². The quantitative estimate of drug-likeness (QED) is 0.836. The maximum absolute atomic E-state index is 13.2. The lowest BCUT2D eigenvalue weighted by Gasteiger charge is -2.15. The molecule has 0 saturated carbocycles. The van der Waals surface area contributed by atoms with E-state index in [1.807, 2.05) is 13.0 Å². The molecule has 25 heavy (non-hydrogen) atoms. The minimum absolute atomic E-state index is 0.114. The lowest BCUT2D eigenvalue weighted by atomic mass is 10.1.